The molecule has 1 heterocycles. The molecule has 0 aliphatic heterocycles. The van der Waals surface area contributed by atoms with Crippen molar-refractivity contribution < 1.29 is 23.4 Å². The van der Waals surface area contributed by atoms with E-state index in [9.17, 15) is 4.79 Å². The molecule has 1 atom stereocenters. The number of halogens is 1. The molecule has 3 rings (SSSR count). The van der Waals surface area contributed by atoms with Crippen molar-refractivity contribution in [2.45, 2.75) is 20.0 Å². The normalized spacial score (nSPS) is 11.7. The van der Waals surface area contributed by atoms with Gasteiger partial charge in [-0.3, -0.25) is 15.6 Å². The first-order valence-corrected chi connectivity index (χ1v) is 12.0. The van der Waals surface area contributed by atoms with Crippen LogP contribution in [0.1, 0.15) is 41.6 Å². The van der Waals surface area contributed by atoms with Gasteiger partial charge in [0.1, 0.15) is 32.9 Å². The van der Waals surface area contributed by atoms with Crippen molar-refractivity contribution in [3.8, 4) is 22.8 Å². The van der Waals surface area contributed by atoms with Gasteiger partial charge < -0.3 is 18.6 Å². The van der Waals surface area contributed by atoms with Crippen LogP contribution in [0.5, 0.6) is 11.5 Å². The second-order valence-corrected chi connectivity index (χ2v) is 9.19. The van der Waals surface area contributed by atoms with Crippen LogP contribution in [-0.2, 0) is 4.74 Å². The Bertz CT molecular complexity index is 1180. The number of Topliss-reactive ketones (excluding diaryl/α,β-unsaturated/α-hetero) is 1. The Balaban J connectivity index is 1.88. The minimum atomic E-state index is -0.849. The maximum atomic E-state index is 13.3. The first-order chi connectivity index (χ1) is 16.3. The van der Waals surface area contributed by atoms with Gasteiger partial charge in [-0.15, -0.1) is 0 Å². The zero-order valence-electron chi connectivity index (χ0n) is 19.2. The van der Waals surface area contributed by atoms with Crippen molar-refractivity contribution in [3.63, 3.8) is 0 Å². The van der Waals surface area contributed by atoms with E-state index in [1.807, 2.05) is 6.92 Å². The molecule has 178 valence electrons. The van der Waals surface area contributed by atoms with E-state index < -0.39 is 6.10 Å². The molecule has 0 bridgehead atoms. The van der Waals surface area contributed by atoms with Crippen LogP contribution in [0.15, 0.2) is 57.4 Å². The number of nitrogens with one attached hydrogen (secondary N) is 2. The number of benzene rings is 2. The molecule has 1 aromatic heterocycles. The molecule has 2 N–H and O–H groups in total. The van der Waals surface area contributed by atoms with Crippen molar-refractivity contribution in [2.75, 3.05) is 20.8 Å². The van der Waals surface area contributed by atoms with Gasteiger partial charge in [-0.25, -0.2) is 0 Å². The standard InChI is InChI=1S/C25H25BrN2O5S/c1-5-32-24(15-6-8-16(9-7-15)25(28)34-14(2)27)23(29)19-11-10-18(33-19)17-12-20(30-3)22(26)21(13-17)31-4/h6-13,24,27-28H,5H2,1-4H3. The first kappa shape index (κ1) is 25.7. The molecule has 0 radical (unpaired) electrons. The van der Waals surface area contributed by atoms with E-state index in [0.29, 0.717) is 50.1 Å². The van der Waals surface area contributed by atoms with Gasteiger partial charge in [0.05, 0.1) is 19.3 Å². The van der Waals surface area contributed by atoms with Gasteiger partial charge in [0.2, 0.25) is 5.78 Å². The second kappa shape index (κ2) is 11.5. The molecule has 34 heavy (non-hydrogen) atoms. The van der Waals surface area contributed by atoms with Gasteiger partial charge in [0.15, 0.2) is 5.76 Å². The lowest BCUT2D eigenvalue weighted by Crippen LogP contribution is -2.16. The largest absolute Gasteiger partial charge is 0.495 e. The highest BCUT2D eigenvalue weighted by molar-refractivity contribution is 9.10. The number of ketones is 1. The van der Waals surface area contributed by atoms with Crippen LogP contribution in [0, 0.1) is 10.8 Å². The highest BCUT2D eigenvalue weighted by Gasteiger charge is 2.26. The molecule has 1 unspecified atom stereocenters. The van der Waals surface area contributed by atoms with Crippen LogP contribution < -0.4 is 9.47 Å². The van der Waals surface area contributed by atoms with Gasteiger partial charge in [0, 0.05) is 17.7 Å². The minimum Gasteiger partial charge on any atom is -0.495 e. The van der Waals surface area contributed by atoms with E-state index in [-0.39, 0.29) is 16.6 Å². The minimum absolute atomic E-state index is 0.168. The Hall–Kier alpha value is -2.88. The van der Waals surface area contributed by atoms with Gasteiger partial charge in [-0.2, -0.15) is 0 Å². The Morgan fingerprint density at radius 2 is 1.68 bits per heavy atom. The predicted octanol–water partition coefficient (Wildman–Crippen LogP) is 6.74. The lowest BCUT2D eigenvalue weighted by molar-refractivity contribution is 0.0428. The number of carbonyl (C=O) groups is 1. The molecule has 9 heteroatoms. The fourth-order valence-electron chi connectivity index (χ4n) is 3.28. The number of furan rings is 1. The summed E-state index contributed by atoms with van der Waals surface area (Å²) < 4.78 is 23.1. The van der Waals surface area contributed by atoms with E-state index in [0.717, 1.165) is 11.8 Å². The molecule has 0 saturated carbocycles. The molecule has 7 nitrogen and oxygen atoms in total. The fraction of sp³-hybridized carbons (Fsp3) is 0.240. The van der Waals surface area contributed by atoms with E-state index >= 15 is 0 Å². The van der Waals surface area contributed by atoms with Crippen molar-refractivity contribution in [2.24, 2.45) is 0 Å². The average Bonchev–Trinajstić information content (AvgIpc) is 3.32. The third-order valence-electron chi connectivity index (χ3n) is 4.88. The van der Waals surface area contributed by atoms with Crippen LogP contribution in [0.4, 0.5) is 0 Å². The summed E-state index contributed by atoms with van der Waals surface area (Å²) in [6.45, 7) is 3.79. The number of methoxy groups -OCH3 is 2. The van der Waals surface area contributed by atoms with Gasteiger partial charge in [0.25, 0.3) is 0 Å². The molecule has 0 fully saturated rings. The van der Waals surface area contributed by atoms with E-state index in [2.05, 4.69) is 15.9 Å². The van der Waals surface area contributed by atoms with Crippen LogP contribution in [0.25, 0.3) is 11.3 Å². The average molecular weight is 545 g/mol. The molecule has 2 aromatic carbocycles. The Kier molecular flexibility index (Phi) is 8.71. The summed E-state index contributed by atoms with van der Waals surface area (Å²) in [4.78, 5) is 13.3. The van der Waals surface area contributed by atoms with E-state index in [1.54, 1.807) is 69.7 Å². The summed E-state index contributed by atoms with van der Waals surface area (Å²) in [5.74, 6) is 1.50. The first-order valence-electron chi connectivity index (χ1n) is 10.4. The molecule has 0 aliphatic carbocycles. The number of ether oxygens (including phenoxy) is 3. The summed E-state index contributed by atoms with van der Waals surface area (Å²) in [5, 5.41) is 16.2. The number of rotatable bonds is 9. The van der Waals surface area contributed by atoms with Gasteiger partial charge in [-0.05, 0) is 59.6 Å². The van der Waals surface area contributed by atoms with Gasteiger partial charge in [-0.1, -0.05) is 36.0 Å². The molecular formula is C25H25BrN2O5S. The monoisotopic (exact) mass is 544 g/mol. The van der Waals surface area contributed by atoms with Crippen LogP contribution in [0.2, 0.25) is 0 Å². The number of carbonyl (C=O) groups excluding carboxylic acids is 1. The highest BCUT2D eigenvalue weighted by atomic mass is 79.9. The van der Waals surface area contributed by atoms with Crippen molar-refractivity contribution in [1.29, 1.82) is 10.8 Å². The smallest absolute Gasteiger partial charge is 0.231 e. The number of hydrogen-bond acceptors (Lipinski definition) is 8. The quantitative estimate of drug-likeness (QED) is 0.175. The van der Waals surface area contributed by atoms with Crippen molar-refractivity contribution in [1.82, 2.24) is 0 Å². The van der Waals surface area contributed by atoms with Crippen LogP contribution in [-0.4, -0.2) is 36.7 Å². The Labute approximate surface area is 210 Å². The van der Waals surface area contributed by atoms with E-state index in [1.165, 1.54) is 0 Å². The fourth-order valence-corrected chi connectivity index (χ4v) is 4.39. The summed E-state index contributed by atoms with van der Waals surface area (Å²) in [6.07, 6.45) is -0.849. The topological polar surface area (TPSA) is 106 Å². The maximum Gasteiger partial charge on any atom is 0.231 e. The second-order valence-electron chi connectivity index (χ2n) is 7.17. The molecule has 0 spiro atoms. The zero-order chi connectivity index (χ0) is 24.8. The SMILES string of the molecule is CCOC(C(=O)c1ccc(-c2cc(OC)c(Br)c(OC)c2)o1)c1ccc(C(=N)SC(C)=N)cc1. The molecule has 3 aromatic rings. The van der Waals surface area contributed by atoms with Crippen LogP contribution in [0.3, 0.4) is 0 Å². The van der Waals surface area contributed by atoms with Crippen molar-refractivity contribution in [3.05, 3.63) is 69.9 Å². The summed E-state index contributed by atoms with van der Waals surface area (Å²) >= 11 is 4.52. The number of hydrogen-bond donors (Lipinski definition) is 2. The zero-order valence-corrected chi connectivity index (χ0v) is 21.6. The summed E-state index contributed by atoms with van der Waals surface area (Å²) in [6, 6.07) is 14.0. The molecule has 0 amide bonds. The maximum absolute atomic E-state index is 13.3. The summed E-state index contributed by atoms with van der Waals surface area (Å²) in [5.41, 5.74) is 2.03. The summed E-state index contributed by atoms with van der Waals surface area (Å²) in [7, 11) is 3.12. The lowest BCUT2D eigenvalue weighted by atomic mass is 10.0. The van der Waals surface area contributed by atoms with Crippen molar-refractivity contribution >= 4 is 43.6 Å². The molecule has 0 saturated heterocycles. The lowest BCUT2D eigenvalue weighted by Gasteiger charge is -2.16. The highest BCUT2D eigenvalue weighted by Crippen LogP contribution is 2.39. The van der Waals surface area contributed by atoms with Crippen LogP contribution >= 0.6 is 27.7 Å². The Morgan fingerprint density at radius 3 is 2.21 bits per heavy atom. The Morgan fingerprint density at radius 1 is 1.06 bits per heavy atom. The van der Waals surface area contributed by atoms with E-state index in [4.69, 9.17) is 29.4 Å². The molecular weight excluding hydrogens is 520 g/mol. The number of thioether (sulfide) groups is 1. The third kappa shape index (κ3) is 5.78. The third-order valence-corrected chi connectivity index (χ3v) is 6.41. The predicted molar refractivity (Wildman–Crippen MR) is 138 cm³/mol. The molecule has 0 aliphatic rings. The van der Waals surface area contributed by atoms with Gasteiger partial charge >= 0.3 is 0 Å².